The van der Waals surface area contributed by atoms with Gasteiger partial charge in [-0.05, 0) is 24.3 Å². The van der Waals surface area contributed by atoms with Gasteiger partial charge >= 0.3 is 0 Å². The third-order valence-electron chi connectivity index (χ3n) is 3.52. The van der Waals surface area contributed by atoms with Crippen LogP contribution in [0.5, 0.6) is 0 Å². The Morgan fingerprint density at radius 1 is 1.50 bits per heavy atom. The summed E-state index contributed by atoms with van der Waals surface area (Å²) in [6.45, 7) is 2.97. The molecular weight excluding hydrogens is 242 g/mol. The second-order valence-corrected chi connectivity index (χ2v) is 6.10. The minimum absolute atomic E-state index is 0.455. The van der Waals surface area contributed by atoms with Crippen molar-refractivity contribution in [2.75, 3.05) is 6.54 Å². The van der Waals surface area contributed by atoms with E-state index in [4.69, 9.17) is 5.73 Å². The molecule has 0 amide bonds. The van der Waals surface area contributed by atoms with Gasteiger partial charge in [0.25, 0.3) is 0 Å². The lowest BCUT2D eigenvalue weighted by Gasteiger charge is -2.23. The molecule has 0 saturated heterocycles. The Bertz CT molecular complexity index is 366. The Kier molecular flexibility index (Phi) is 5.05. The first-order valence-corrected chi connectivity index (χ1v) is 7.73. The Hall–Kier alpha value is -1.03. The number of rotatable bonds is 4. The summed E-state index contributed by atoms with van der Waals surface area (Å²) < 4.78 is 0. The lowest BCUT2D eigenvalue weighted by molar-refractivity contribution is 0.412. The molecule has 0 radical (unpaired) electrons. The maximum absolute atomic E-state index is 5.95. The summed E-state index contributed by atoms with van der Waals surface area (Å²) in [5.41, 5.74) is 5.95. The van der Waals surface area contributed by atoms with E-state index < -0.39 is 0 Å². The molecule has 1 heterocycles. The summed E-state index contributed by atoms with van der Waals surface area (Å²) in [6.07, 6.45) is 6.46. The fourth-order valence-electron chi connectivity index (χ4n) is 2.40. The van der Waals surface area contributed by atoms with Crippen molar-refractivity contribution in [3.05, 3.63) is 22.4 Å². The Balaban J connectivity index is 1.77. The van der Waals surface area contributed by atoms with Gasteiger partial charge < -0.3 is 11.1 Å². The highest BCUT2D eigenvalue weighted by atomic mass is 32.1. The molecule has 0 spiro atoms. The van der Waals surface area contributed by atoms with E-state index >= 15 is 0 Å². The number of nitrogens with two attached hydrogens (primary N) is 1. The first kappa shape index (κ1) is 13.4. The number of nitrogens with zero attached hydrogens (tertiary/aromatic N) is 1. The third kappa shape index (κ3) is 4.02. The van der Waals surface area contributed by atoms with Gasteiger partial charge in [-0.3, -0.25) is 4.99 Å². The van der Waals surface area contributed by atoms with Crippen molar-refractivity contribution in [2.24, 2.45) is 10.7 Å². The highest BCUT2D eigenvalue weighted by molar-refractivity contribution is 7.10. The highest BCUT2D eigenvalue weighted by Gasteiger charge is 2.13. The van der Waals surface area contributed by atoms with Gasteiger partial charge in [-0.25, -0.2) is 0 Å². The molecule has 3 N–H and O–H groups in total. The predicted molar refractivity (Wildman–Crippen MR) is 79.2 cm³/mol. The molecule has 1 saturated carbocycles. The number of guanidine groups is 1. The number of hydrogen-bond donors (Lipinski definition) is 2. The maximum Gasteiger partial charge on any atom is 0.188 e. The molecular formula is C14H23N3S. The molecule has 2 rings (SSSR count). The minimum Gasteiger partial charge on any atom is -0.370 e. The van der Waals surface area contributed by atoms with E-state index in [1.165, 1.54) is 37.0 Å². The monoisotopic (exact) mass is 265 g/mol. The molecule has 1 aliphatic carbocycles. The molecule has 1 aromatic heterocycles. The molecule has 1 atom stereocenters. The van der Waals surface area contributed by atoms with E-state index in [0.717, 1.165) is 6.54 Å². The van der Waals surface area contributed by atoms with E-state index in [1.54, 1.807) is 11.3 Å². The highest BCUT2D eigenvalue weighted by Crippen LogP contribution is 2.20. The summed E-state index contributed by atoms with van der Waals surface area (Å²) in [5, 5.41) is 5.46. The van der Waals surface area contributed by atoms with Crippen molar-refractivity contribution in [3.63, 3.8) is 0 Å². The van der Waals surface area contributed by atoms with Crippen LogP contribution in [-0.4, -0.2) is 18.5 Å². The van der Waals surface area contributed by atoms with Crippen LogP contribution in [0.4, 0.5) is 0 Å². The van der Waals surface area contributed by atoms with Gasteiger partial charge in [0.15, 0.2) is 5.96 Å². The molecule has 0 bridgehead atoms. The van der Waals surface area contributed by atoms with E-state index in [9.17, 15) is 0 Å². The summed E-state index contributed by atoms with van der Waals surface area (Å²) >= 11 is 1.79. The second-order valence-electron chi connectivity index (χ2n) is 5.12. The van der Waals surface area contributed by atoms with Crippen LogP contribution in [0.15, 0.2) is 22.5 Å². The minimum atomic E-state index is 0.455. The van der Waals surface area contributed by atoms with Crippen LogP contribution >= 0.6 is 11.3 Å². The van der Waals surface area contributed by atoms with Gasteiger partial charge in [0.2, 0.25) is 0 Å². The number of aliphatic imine (C=N–C) groups is 1. The summed E-state index contributed by atoms with van der Waals surface area (Å²) in [6, 6.07) is 4.79. The molecule has 18 heavy (non-hydrogen) atoms. The fraction of sp³-hybridized carbons (Fsp3) is 0.643. The third-order valence-corrected chi connectivity index (χ3v) is 4.63. The molecule has 0 aliphatic heterocycles. The van der Waals surface area contributed by atoms with Crippen LogP contribution < -0.4 is 11.1 Å². The van der Waals surface area contributed by atoms with Crippen molar-refractivity contribution in [1.29, 1.82) is 0 Å². The molecule has 1 fully saturated rings. The van der Waals surface area contributed by atoms with Gasteiger partial charge in [0.05, 0.1) is 6.54 Å². The van der Waals surface area contributed by atoms with E-state index in [0.29, 0.717) is 17.9 Å². The van der Waals surface area contributed by atoms with Crippen LogP contribution in [0.3, 0.4) is 0 Å². The van der Waals surface area contributed by atoms with E-state index in [-0.39, 0.29) is 0 Å². The van der Waals surface area contributed by atoms with Crippen molar-refractivity contribution < 1.29 is 0 Å². The number of thiophene rings is 1. The zero-order valence-corrected chi connectivity index (χ0v) is 11.9. The first-order chi connectivity index (χ1) is 8.75. The van der Waals surface area contributed by atoms with Crippen LogP contribution in [0.2, 0.25) is 0 Å². The standard InChI is InChI=1S/C14H23N3S/c1-11(13-8-5-9-18-13)10-16-14(15)17-12-6-3-2-4-7-12/h5,8-9,11-12H,2-4,6-7,10H2,1H3,(H3,15,16,17). The van der Waals surface area contributed by atoms with Crippen LogP contribution in [-0.2, 0) is 0 Å². The second kappa shape index (κ2) is 6.78. The van der Waals surface area contributed by atoms with Crippen LogP contribution in [0, 0.1) is 0 Å². The lowest BCUT2D eigenvalue weighted by atomic mass is 9.96. The number of nitrogens with one attached hydrogen (secondary N) is 1. The molecule has 4 heteroatoms. The van der Waals surface area contributed by atoms with Gasteiger partial charge in [-0.1, -0.05) is 32.3 Å². The zero-order chi connectivity index (χ0) is 12.8. The maximum atomic E-state index is 5.95. The smallest absolute Gasteiger partial charge is 0.188 e. The average Bonchev–Trinajstić information content (AvgIpc) is 2.91. The topological polar surface area (TPSA) is 50.4 Å². The van der Waals surface area contributed by atoms with E-state index in [1.807, 2.05) is 0 Å². The van der Waals surface area contributed by atoms with Crippen LogP contribution in [0.25, 0.3) is 0 Å². The van der Waals surface area contributed by atoms with Crippen molar-refractivity contribution >= 4 is 17.3 Å². The van der Waals surface area contributed by atoms with Gasteiger partial charge in [-0.2, -0.15) is 0 Å². The molecule has 1 aromatic rings. The predicted octanol–water partition coefficient (Wildman–Crippen LogP) is 3.09. The lowest BCUT2D eigenvalue weighted by Crippen LogP contribution is -2.41. The quantitative estimate of drug-likeness (QED) is 0.649. The Morgan fingerprint density at radius 3 is 2.94 bits per heavy atom. The first-order valence-electron chi connectivity index (χ1n) is 6.85. The molecule has 3 nitrogen and oxygen atoms in total. The average molecular weight is 265 g/mol. The molecule has 1 unspecified atom stereocenters. The Morgan fingerprint density at radius 2 is 2.28 bits per heavy atom. The molecule has 1 aliphatic rings. The molecule has 0 aromatic carbocycles. The van der Waals surface area contributed by atoms with Gasteiger partial charge in [-0.15, -0.1) is 11.3 Å². The Labute approximate surface area is 114 Å². The van der Waals surface area contributed by atoms with E-state index in [2.05, 4.69) is 34.7 Å². The normalized spacial score (nSPS) is 19.7. The summed E-state index contributed by atoms with van der Waals surface area (Å²) in [4.78, 5) is 5.84. The van der Waals surface area contributed by atoms with Crippen molar-refractivity contribution in [3.8, 4) is 0 Å². The largest absolute Gasteiger partial charge is 0.370 e. The SMILES string of the molecule is CC(CN=C(N)NC1CCCCC1)c1cccs1. The van der Waals surface area contributed by atoms with Crippen molar-refractivity contribution in [2.45, 2.75) is 51.0 Å². The van der Waals surface area contributed by atoms with Crippen LogP contribution in [0.1, 0.15) is 49.8 Å². The molecule has 100 valence electrons. The summed E-state index contributed by atoms with van der Waals surface area (Å²) in [7, 11) is 0. The van der Waals surface area contributed by atoms with Gasteiger partial charge in [0.1, 0.15) is 0 Å². The summed E-state index contributed by atoms with van der Waals surface area (Å²) in [5.74, 6) is 1.07. The fourth-order valence-corrected chi connectivity index (χ4v) is 3.18. The number of hydrogen-bond acceptors (Lipinski definition) is 2. The van der Waals surface area contributed by atoms with Gasteiger partial charge in [0, 0.05) is 16.8 Å². The van der Waals surface area contributed by atoms with Crippen molar-refractivity contribution in [1.82, 2.24) is 5.32 Å². The zero-order valence-electron chi connectivity index (χ0n) is 11.1.